The number of piperidine rings is 1. The normalized spacial score (nSPS) is 16.4. The third-order valence-electron chi connectivity index (χ3n) is 5.03. The fourth-order valence-corrected chi connectivity index (χ4v) is 3.38. The number of hydrogen-bond acceptors (Lipinski definition) is 5. The second kappa shape index (κ2) is 8.28. The lowest BCUT2D eigenvalue weighted by Crippen LogP contribution is -2.44. The number of hydrogen-bond donors (Lipinski definition) is 1. The van der Waals surface area contributed by atoms with Gasteiger partial charge in [0, 0.05) is 32.3 Å². The van der Waals surface area contributed by atoms with Gasteiger partial charge in [-0.05, 0) is 30.9 Å². The first-order valence-corrected chi connectivity index (χ1v) is 9.32. The number of amides is 2. The number of nitrogens with zero attached hydrogens (tertiary/aromatic N) is 5. The van der Waals surface area contributed by atoms with E-state index in [2.05, 4.69) is 20.4 Å². The van der Waals surface area contributed by atoms with Gasteiger partial charge in [-0.15, -0.1) is 0 Å². The van der Waals surface area contributed by atoms with Gasteiger partial charge in [-0.1, -0.05) is 19.9 Å². The Morgan fingerprint density at radius 3 is 2.48 bits per heavy atom. The zero-order valence-electron chi connectivity index (χ0n) is 16.0. The van der Waals surface area contributed by atoms with Crippen LogP contribution in [0, 0.1) is 11.8 Å². The third-order valence-corrected chi connectivity index (χ3v) is 5.03. The van der Waals surface area contributed by atoms with E-state index in [1.165, 1.54) is 6.33 Å². The summed E-state index contributed by atoms with van der Waals surface area (Å²) < 4.78 is 1.69. The summed E-state index contributed by atoms with van der Waals surface area (Å²) in [5.41, 5.74) is 0.447. The SMILES string of the molecule is CC(C)[C@H](NC(=O)C1CCN(C(=O)c2ccccn2)CC1)c1ncnn1C. The first kappa shape index (κ1) is 19.0. The molecule has 3 heterocycles. The Bertz CT molecular complexity index is 781. The van der Waals surface area contributed by atoms with Crippen LogP contribution in [0.5, 0.6) is 0 Å². The molecule has 8 heteroatoms. The maximum atomic E-state index is 12.8. The predicted octanol–water partition coefficient (Wildman–Crippen LogP) is 1.58. The van der Waals surface area contributed by atoms with Crippen molar-refractivity contribution in [3.63, 3.8) is 0 Å². The van der Waals surface area contributed by atoms with E-state index in [0.29, 0.717) is 31.6 Å². The lowest BCUT2D eigenvalue weighted by molar-refractivity contribution is -0.127. The van der Waals surface area contributed by atoms with Gasteiger partial charge in [-0.3, -0.25) is 19.3 Å². The molecule has 0 aliphatic carbocycles. The molecule has 1 aliphatic heterocycles. The van der Waals surface area contributed by atoms with E-state index in [1.807, 2.05) is 20.9 Å². The summed E-state index contributed by atoms with van der Waals surface area (Å²) in [6, 6.07) is 5.13. The fraction of sp³-hybridized carbons (Fsp3) is 0.526. The van der Waals surface area contributed by atoms with Gasteiger partial charge in [0.1, 0.15) is 17.8 Å². The van der Waals surface area contributed by atoms with Gasteiger partial charge in [-0.2, -0.15) is 5.10 Å². The van der Waals surface area contributed by atoms with Crippen LogP contribution in [-0.4, -0.2) is 49.6 Å². The largest absolute Gasteiger partial charge is 0.346 e. The lowest BCUT2D eigenvalue weighted by atomic mass is 9.94. The summed E-state index contributed by atoms with van der Waals surface area (Å²) >= 11 is 0. The van der Waals surface area contributed by atoms with Crippen LogP contribution < -0.4 is 5.32 Å². The maximum Gasteiger partial charge on any atom is 0.272 e. The molecule has 2 amide bonds. The van der Waals surface area contributed by atoms with Gasteiger partial charge in [0.2, 0.25) is 5.91 Å². The molecule has 1 aliphatic rings. The Balaban J connectivity index is 1.58. The molecule has 2 aromatic rings. The number of aromatic nitrogens is 4. The third kappa shape index (κ3) is 4.32. The number of carbonyl (C=O) groups is 2. The van der Waals surface area contributed by atoms with Crippen molar-refractivity contribution in [1.29, 1.82) is 0 Å². The lowest BCUT2D eigenvalue weighted by Gasteiger charge is -2.32. The molecule has 1 saturated heterocycles. The fourth-order valence-electron chi connectivity index (χ4n) is 3.38. The van der Waals surface area contributed by atoms with Crippen LogP contribution in [0.1, 0.15) is 49.0 Å². The van der Waals surface area contributed by atoms with E-state index in [9.17, 15) is 9.59 Å². The van der Waals surface area contributed by atoms with Crippen LogP contribution in [0.3, 0.4) is 0 Å². The smallest absolute Gasteiger partial charge is 0.272 e. The monoisotopic (exact) mass is 370 g/mol. The van der Waals surface area contributed by atoms with Crippen molar-refractivity contribution in [2.75, 3.05) is 13.1 Å². The zero-order chi connectivity index (χ0) is 19.4. The van der Waals surface area contributed by atoms with Crippen molar-refractivity contribution >= 4 is 11.8 Å². The summed E-state index contributed by atoms with van der Waals surface area (Å²) in [5.74, 6) is 0.784. The van der Waals surface area contributed by atoms with Crippen LogP contribution in [-0.2, 0) is 11.8 Å². The Morgan fingerprint density at radius 1 is 1.19 bits per heavy atom. The van der Waals surface area contributed by atoms with E-state index in [4.69, 9.17) is 0 Å². The van der Waals surface area contributed by atoms with E-state index in [0.717, 1.165) is 5.82 Å². The van der Waals surface area contributed by atoms with Gasteiger partial charge < -0.3 is 10.2 Å². The molecule has 27 heavy (non-hydrogen) atoms. The highest BCUT2D eigenvalue weighted by molar-refractivity contribution is 5.92. The average molecular weight is 370 g/mol. The van der Waals surface area contributed by atoms with Crippen molar-refractivity contribution in [2.24, 2.45) is 18.9 Å². The number of carbonyl (C=O) groups excluding carboxylic acids is 2. The number of likely N-dealkylation sites (tertiary alicyclic amines) is 1. The summed E-state index contributed by atoms with van der Waals surface area (Å²) in [6.07, 6.45) is 4.41. The minimum atomic E-state index is -0.182. The number of aryl methyl sites for hydroxylation is 1. The van der Waals surface area contributed by atoms with Crippen molar-refractivity contribution in [3.05, 3.63) is 42.2 Å². The molecule has 3 rings (SSSR count). The summed E-state index contributed by atoms with van der Waals surface area (Å²) in [5, 5.41) is 7.23. The van der Waals surface area contributed by atoms with Gasteiger partial charge in [0.15, 0.2) is 0 Å². The molecular weight excluding hydrogens is 344 g/mol. The Hall–Kier alpha value is -2.77. The molecule has 0 spiro atoms. The first-order chi connectivity index (χ1) is 13.0. The van der Waals surface area contributed by atoms with E-state index >= 15 is 0 Å². The first-order valence-electron chi connectivity index (χ1n) is 9.32. The van der Waals surface area contributed by atoms with Gasteiger partial charge in [-0.25, -0.2) is 4.98 Å². The number of pyridine rings is 1. The average Bonchev–Trinajstić information content (AvgIpc) is 3.11. The van der Waals surface area contributed by atoms with Crippen molar-refractivity contribution in [2.45, 2.75) is 32.7 Å². The molecule has 8 nitrogen and oxygen atoms in total. The highest BCUT2D eigenvalue weighted by Crippen LogP contribution is 2.23. The molecule has 144 valence electrons. The Kier molecular flexibility index (Phi) is 5.83. The van der Waals surface area contributed by atoms with Gasteiger partial charge in [0.05, 0.1) is 6.04 Å². The van der Waals surface area contributed by atoms with Crippen LogP contribution in [0.25, 0.3) is 0 Å². The molecule has 0 aromatic carbocycles. The minimum absolute atomic E-state index is 0.0154. The van der Waals surface area contributed by atoms with Crippen LogP contribution in [0.2, 0.25) is 0 Å². The summed E-state index contributed by atoms with van der Waals surface area (Å²) in [6.45, 7) is 5.22. The molecule has 1 fully saturated rings. The topological polar surface area (TPSA) is 93.0 Å². The van der Waals surface area contributed by atoms with Crippen LogP contribution in [0.4, 0.5) is 0 Å². The van der Waals surface area contributed by atoms with Crippen LogP contribution in [0.15, 0.2) is 30.7 Å². The number of nitrogens with one attached hydrogen (secondary N) is 1. The molecule has 0 bridgehead atoms. The zero-order valence-corrected chi connectivity index (χ0v) is 16.0. The predicted molar refractivity (Wildman–Crippen MR) is 99.6 cm³/mol. The second-order valence-corrected chi connectivity index (χ2v) is 7.25. The van der Waals surface area contributed by atoms with Crippen molar-refractivity contribution in [1.82, 2.24) is 30.0 Å². The standard InChI is InChI=1S/C19H26N6O2/c1-13(2)16(17-21-12-22-24(17)3)23-18(26)14-7-10-25(11-8-14)19(27)15-6-4-5-9-20-15/h4-6,9,12-14,16H,7-8,10-11H2,1-3H3,(H,23,26)/t16-/m0/s1. The maximum absolute atomic E-state index is 12.8. The highest BCUT2D eigenvalue weighted by Gasteiger charge is 2.31. The Morgan fingerprint density at radius 2 is 1.93 bits per heavy atom. The van der Waals surface area contributed by atoms with Gasteiger partial charge in [0.25, 0.3) is 5.91 Å². The molecule has 0 radical (unpaired) electrons. The molecule has 0 saturated carbocycles. The summed E-state index contributed by atoms with van der Waals surface area (Å²) in [4.78, 5) is 35.4. The van der Waals surface area contributed by atoms with Crippen molar-refractivity contribution in [3.8, 4) is 0 Å². The van der Waals surface area contributed by atoms with Gasteiger partial charge >= 0.3 is 0 Å². The Labute approximate surface area is 159 Å². The quantitative estimate of drug-likeness (QED) is 0.862. The summed E-state index contributed by atoms with van der Waals surface area (Å²) in [7, 11) is 1.82. The number of rotatable bonds is 5. The highest BCUT2D eigenvalue weighted by atomic mass is 16.2. The molecule has 0 unspecified atom stereocenters. The molecular formula is C19H26N6O2. The minimum Gasteiger partial charge on any atom is -0.346 e. The molecule has 1 N–H and O–H groups in total. The van der Waals surface area contributed by atoms with E-state index < -0.39 is 0 Å². The van der Waals surface area contributed by atoms with Crippen molar-refractivity contribution < 1.29 is 9.59 Å². The molecule has 2 aromatic heterocycles. The van der Waals surface area contributed by atoms with E-state index in [-0.39, 0.29) is 29.7 Å². The second-order valence-electron chi connectivity index (χ2n) is 7.25. The van der Waals surface area contributed by atoms with E-state index in [1.54, 1.807) is 34.0 Å². The van der Waals surface area contributed by atoms with Crippen LogP contribution >= 0.6 is 0 Å². The molecule has 1 atom stereocenters.